The molecule has 398 valence electrons. The molecule has 0 aliphatic carbocycles. The summed E-state index contributed by atoms with van der Waals surface area (Å²) in [6.45, 7) is 20.1. The highest BCUT2D eigenvalue weighted by molar-refractivity contribution is 7.89. The molecule has 0 saturated carbocycles. The van der Waals surface area contributed by atoms with Crippen molar-refractivity contribution in [2.24, 2.45) is 17.8 Å². The number of nitrogens with one attached hydrogen (secondary N) is 2. The zero-order valence-corrected chi connectivity index (χ0v) is 44.3. The van der Waals surface area contributed by atoms with Gasteiger partial charge < -0.3 is 64.6 Å². The van der Waals surface area contributed by atoms with Crippen LogP contribution in [0.15, 0.2) is 65.6 Å². The summed E-state index contributed by atoms with van der Waals surface area (Å²) >= 11 is 0. The second-order valence-corrected chi connectivity index (χ2v) is 23.0. The van der Waals surface area contributed by atoms with Gasteiger partial charge in [0.15, 0.2) is 12.6 Å². The number of sulfonamides is 1. The van der Waals surface area contributed by atoms with Crippen LogP contribution in [0.1, 0.15) is 114 Å². The maximum atomic E-state index is 14.6. The quantitative estimate of drug-likeness (QED) is 0.0976. The first kappa shape index (κ1) is 58.2. The van der Waals surface area contributed by atoms with Gasteiger partial charge in [-0.25, -0.2) is 8.42 Å². The molecule has 2 aromatic carbocycles. The summed E-state index contributed by atoms with van der Waals surface area (Å²) in [6.07, 6.45) is -9.48. The highest BCUT2D eigenvalue weighted by Gasteiger charge is 2.58. The minimum absolute atomic E-state index is 0.0148. The SMILES string of the molecule is CCCNC[C@]1(O)[C@H](C)O[C@@H](O[C@H]2[C@H](C)[C@@H](O[C@@H]3O[C@H](C)C[C@H](N(Cc4ccccc4)S(=O)(=O)c4ccccc4)[C@H]3O)[C@](C)(O)C[C@@H](C)CN[C@H](C)[C@@H](O)[C@](C)(O)[C@@H](CC)OC(=O)[C@@H]2C)C[C@@]1(C)OC. The van der Waals surface area contributed by atoms with E-state index in [1.807, 2.05) is 44.2 Å². The fourth-order valence-corrected chi connectivity index (χ4v) is 12.5. The summed E-state index contributed by atoms with van der Waals surface area (Å²) in [5.74, 6) is -3.17. The Hall–Kier alpha value is -2.66. The van der Waals surface area contributed by atoms with Gasteiger partial charge in [0.05, 0.1) is 46.9 Å². The van der Waals surface area contributed by atoms with Crippen LogP contribution in [0.4, 0.5) is 0 Å². The Morgan fingerprint density at radius 1 is 0.886 bits per heavy atom. The van der Waals surface area contributed by atoms with Crippen LogP contribution in [0.3, 0.4) is 0 Å². The molecule has 0 amide bonds. The number of cyclic esters (lactones) is 1. The van der Waals surface area contributed by atoms with Crippen LogP contribution in [0.25, 0.3) is 0 Å². The van der Waals surface area contributed by atoms with Gasteiger partial charge in [0, 0.05) is 38.6 Å². The lowest BCUT2D eigenvalue weighted by molar-refractivity contribution is -0.336. The number of nitrogens with zero attached hydrogens (tertiary/aromatic N) is 1. The van der Waals surface area contributed by atoms with Crippen molar-refractivity contribution in [1.82, 2.24) is 14.9 Å². The molecule has 0 aromatic heterocycles. The third-order valence-corrected chi connectivity index (χ3v) is 17.1. The van der Waals surface area contributed by atoms with Gasteiger partial charge in [-0.3, -0.25) is 4.79 Å². The van der Waals surface area contributed by atoms with Crippen LogP contribution in [0, 0.1) is 17.8 Å². The molecule has 3 aliphatic heterocycles. The summed E-state index contributed by atoms with van der Waals surface area (Å²) in [5, 5.41) is 67.6. The lowest BCUT2D eigenvalue weighted by Crippen LogP contribution is -2.70. The molecule has 5 rings (SSSR count). The first-order valence-electron chi connectivity index (χ1n) is 25.2. The normalized spacial score (nSPS) is 40.8. The molecule has 18 heteroatoms. The third kappa shape index (κ3) is 13.0. The van der Waals surface area contributed by atoms with Crippen molar-refractivity contribution >= 4 is 16.0 Å². The van der Waals surface area contributed by atoms with Crippen LogP contribution < -0.4 is 10.6 Å². The lowest BCUT2D eigenvalue weighted by Gasteiger charge is -2.53. The predicted octanol–water partition coefficient (Wildman–Crippen LogP) is 4.26. The largest absolute Gasteiger partial charge is 0.459 e. The number of carbonyl (C=O) groups excluding carboxylic acids is 1. The zero-order valence-electron chi connectivity index (χ0n) is 43.5. The van der Waals surface area contributed by atoms with E-state index >= 15 is 0 Å². The number of esters is 1. The van der Waals surface area contributed by atoms with E-state index < -0.39 is 118 Å². The fraction of sp³-hybridized carbons (Fsp3) is 0.750. The average Bonchev–Trinajstić information content (AvgIpc) is 3.32. The highest BCUT2D eigenvalue weighted by Crippen LogP contribution is 2.43. The van der Waals surface area contributed by atoms with E-state index in [9.17, 15) is 38.7 Å². The molecule has 2 aromatic rings. The van der Waals surface area contributed by atoms with E-state index in [1.54, 1.807) is 73.6 Å². The number of hydrogen-bond acceptors (Lipinski definition) is 16. The number of aliphatic hydroxyl groups is 5. The van der Waals surface area contributed by atoms with Crippen LogP contribution >= 0.6 is 0 Å². The highest BCUT2D eigenvalue weighted by atomic mass is 32.2. The minimum Gasteiger partial charge on any atom is -0.459 e. The van der Waals surface area contributed by atoms with E-state index in [2.05, 4.69) is 10.6 Å². The van der Waals surface area contributed by atoms with Crippen molar-refractivity contribution in [3.05, 3.63) is 66.2 Å². The molecule has 3 aliphatic rings. The smallest absolute Gasteiger partial charge is 0.311 e. The van der Waals surface area contributed by atoms with Crippen molar-refractivity contribution in [2.45, 2.75) is 210 Å². The Morgan fingerprint density at radius 3 is 2.11 bits per heavy atom. The average molecular weight is 1010 g/mol. The number of carbonyl (C=O) groups is 1. The lowest BCUT2D eigenvalue weighted by atomic mass is 9.75. The summed E-state index contributed by atoms with van der Waals surface area (Å²) < 4.78 is 69.5. The van der Waals surface area contributed by atoms with E-state index in [-0.39, 0.29) is 56.1 Å². The molecule has 3 saturated heterocycles. The molecule has 0 unspecified atom stereocenters. The minimum atomic E-state index is -4.23. The van der Waals surface area contributed by atoms with Gasteiger partial charge in [0.1, 0.15) is 35.1 Å². The first-order chi connectivity index (χ1) is 32.8. The summed E-state index contributed by atoms with van der Waals surface area (Å²) in [6, 6.07) is 15.4. The molecule has 3 fully saturated rings. The Morgan fingerprint density at radius 2 is 1.51 bits per heavy atom. The zero-order chi connectivity index (χ0) is 52.0. The summed E-state index contributed by atoms with van der Waals surface area (Å²) in [5.41, 5.74) is -5.68. The van der Waals surface area contributed by atoms with Crippen molar-refractivity contribution in [2.75, 3.05) is 26.7 Å². The van der Waals surface area contributed by atoms with Gasteiger partial charge in [-0.05, 0) is 111 Å². The molecular formula is C52H85N3O14S. The van der Waals surface area contributed by atoms with Gasteiger partial charge in [-0.1, -0.05) is 76.2 Å². The first-order valence-corrected chi connectivity index (χ1v) is 26.7. The molecule has 70 heavy (non-hydrogen) atoms. The van der Waals surface area contributed by atoms with E-state index in [0.29, 0.717) is 12.1 Å². The molecule has 17 nitrogen and oxygen atoms in total. The van der Waals surface area contributed by atoms with Gasteiger partial charge in [0.25, 0.3) is 0 Å². The second kappa shape index (κ2) is 24.1. The van der Waals surface area contributed by atoms with Crippen molar-refractivity contribution < 1.29 is 67.2 Å². The molecule has 18 atom stereocenters. The monoisotopic (exact) mass is 1010 g/mol. The summed E-state index contributed by atoms with van der Waals surface area (Å²) in [7, 11) is -2.72. The van der Waals surface area contributed by atoms with Gasteiger partial charge in [0.2, 0.25) is 10.0 Å². The van der Waals surface area contributed by atoms with E-state index in [1.165, 1.54) is 30.5 Å². The molecule has 0 bridgehead atoms. The van der Waals surface area contributed by atoms with Crippen LogP contribution in [0.5, 0.6) is 0 Å². The fourth-order valence-electron chi connectivity index (χ4n) is 10.9. The number of rotatable bonds is 15. The van der Waals surface area contributed by atoms with Crippen molar-refractivity contribution in [1.29, 1.82) is 0 Å². The molecule has 3 heterocycles. The van der Waals surface area contributed by atoms with Gasteiger partial charge >= 0.3 is 5.97 Å². The molecule has 0 radical (unpaired) electrons. The topological polar surface area (TPSA) is 235 Å². The van der Waals surface area contributed by atoms with Gasteiger partial charge in [-0.15, -0.1) is 0 Å². The van der Waals surface area contributed by atoms with Crippen LogP contribution in [-0.4, -0.2) is 161 Å². The van der Waals surface area contributed by atoms with Crippen molar-refractivity contribution in [3.63, 3.8) is 0 Å². The maximum Gasteiger partial charge on any atom is 0.311 e. The Balaban J connectivity index is 1.61. The number of aliphatic hydroxyl groups excluding tert-OH is 2. The Kier molecular flexibility index (Phi) is 20.1. The summed E-state index contributed by atoms with van der Waals surface area (Å²) in [4.78, 5) is 14.7. The van der Waals surface area contributed by atoms with Gasteiger partial charge in [-0.2, -0.15) is 4.31 Å². The molecule has 7 N–H and O–H groups in total. The van der Waals surface area contributed by atoms with E-state index in [4.69, 9.17) is 28.4 Å². The maximum absolute atomic E-state index is 14.6. The number of methoxy groups -OCH3 is 1. The standard InChI is InChI=1S/C52H85N3O14S/c1-13-25-53-31-52(61)37(8)66-42(28-50(52,10)64-12)68-44-34(5)46(49(9,59)27-32(3)29-54-36(7)45(57)51(11,60)41(14-2)67-47(58)35(44)6)69-48-43(56)40(26-33(4)65-48)55(30-38-21-17-15-18-22-38)70(62,63)39-23-19-16-20-24-39/h15-24,32-37,40-46,48,53-54,56-57,59-61H,13-14,25-31H2,1-12H3/t32-,33-,34+,35-,36-,37+,40+,41-,42+,43-,44+,45-,46-,48+,49-,50-,51-,52+/m1/s1. The predicted molar refractivity (Wildman–Crippen MR) is 264 cm³/mol. The van der Waals surface area contributed by atoms with E-state index in [0.717, 1.165) is 6.42 Å². The second-order valence-electron chi connectivity index (χ2n) is 21.1. The van der Waals surface area contributed by atoms with Crippen LogP contribution in [-0.2, 0) is 49.8 Å². The Labute approximate surface area is 417 Å². The van der Waals surface area contributed by atoms with Crippen LogP contribution in [0.2, 0.25) is 0 Å². The third-order valence-electron chi connectivity index (χ3n) is 15.3. The molecule has 0 spiro atoms. The molecular weight excluding hydrogens is 923 g/mol. The number of benzene rings is 2. The Bertz CT molecular complexity index is 2050. The number of hydrogen-bond donors (Lipinski definition) is 7. The number of ether oxygens (including phenoxy) is 6. The van der Waals surface area contributed by atoms with Crippen molar-refractivity contribution in [3.8, 4) is 0 Å².